The fraction of sp³-hybridized carbons (Fsp3) is 0.917. The molecule has 1 atom stereocenters. The largest absolute Gasteiger partial charge is 0.368 e. The molecule has 1 rings (SSSR count). The molecular weight excluding hydrogens is 216 g/mol. The fourth-order valence-corrected chi connectivity index (χ4v) is 2.10. The molecule has 5 heteroatoms. The lowest BCUT2D eigenvalue weighted by atomic mass is 9.95. The van der Waals surface area contributed by atoms with E-state index in [4.69, 9.17) is 5.73 Å². The van der Waals surface area contributed by atoms with Gasteiger partial charge in [0.25, 0.3) is 0 Å². The lowest BCUT2D eigenvalue weighted by molar-refractivity contribution is -0.123. The van der Waals surface area contributed by atoms with Crippen LogP contribution in [0.2, 0.25) is 0 Å². The van der Waals surface area contributed by atoms with Crippen LogP contribution in [0.15, 0.2) is 0 Å². The maximum absolute atomic E-state index is 11.3. The number of likely N-dealkylation sites (N-methyl/N-ethyl adjacent to an activating group) is 2. The molecule has 1 heterocycles. The molecule has 1 amide bonds. The number of piperazine rings is 1. The molecule has 3 N–H and O–H groups in total. The Morgan fingerprint density at radius 3 is 2.41 bits per heavy atom. The summed E-state index contributed by atoms with van der Waals surface area (Å²) in [5.41, 5.74) is 4.83. The minimum atomic E-state index is -0.563. The van der Waals surface area contributed by atoms with Crippen molar-refractivity contribution in [3.8, 4) is 0 Å². The van der Waals surface area contributed by atoms with Crippen molar-refractivity contribution < 1.29 is 4.79 Å². The van der Waals surface area contributed by atoms with Gasteiger partial charge in [0.2, 0.25) is 5.91 Å². The lowest BCUT2D eigenvalue weighted by Gasteiger charge is -2.33. The molecule has 1 aliphatic rings. The molecule has 0 spiro atoms. The van der Waals surface area contributed by atoms with Crippen molar-refractivity contribution in [3.05, 3.63) is 0 Å². The van der Waals surface area contributed by atoms with Gasteiger partial charge < -0.3 is 20.9 Å². The summed E-state index contributed by atoms with van der Waals surface area (Å²) in [4.78, 5) is 16.1. The lowest BCUT2D eigenvalue weighted by Crippen LogP contribution is -2.52. The molecule has 0 aromatic carbocycles. The number of carbonyl (C=O) groups is 1. The highest BCUT2D eigenvalue weighted by Gasteiger charge is 2.28. The molecule has 0 radical (unpaired) electrons. The first-order valence-electron chi connectivity index (χ1n) is 6.37. The van der Waals surface area contributed by atoms with E-state index in [0.717, 1.165) is 45.6 Å². The number of nitrogens with one attached hydrogen (secondary N) is 1. The predicted octanol–water partition coefficient (Wildman–Crippen LogP) is -0.523. The highest BCUT2D eigenvalue weighted by molar-refractivity contribution is 5.84. The van der Waals surface area contributed by atoms with Gasteiger partial charge in [0.05, 0.1) is 5.54 Å². The zero-order chi connectivity index (χ0) is 12.9. The van der Waals surface area contributed by atoms with Gasteiger partial charge in [0, 0.05) is 26.2 Å². The molecule has 1 aliphatic heterocycles. The number of nitrogens with zero attached hydrogens (tertiary/aromatic N) is 2. The van der Waals surface area contributed by atoms with Crippen LogP contribution in [0, 0.1) is 0 Å². The Kier molecular flexibility index (Phi) is 5.36. The molecule has 5 nitrogen and oxygen atoms in total. The van der Waals surface area contributed by atoms with E-state index in [-0.39, 0.29) is 5.91 Å². The summed E-state index contributed by atoms with van der Waals surface area (Å²) < 4.78 is 0. The van der Waals surface area contributed by atoms with E-state index in [2.05, 4.69) is 22.2 Å². The van der Waals surface area contributed by atoms with Crippen molar-refractivity contribution in [2.75, 3.05) is 46.8 Å². The van der Waals surface area contributed by atoms with Crippen LogP contribution < -0.4 is 11.1 Å². The van der Waals surface area contributed by atoms with Crippen molar-refractivity contribution in [1.82, 2.24) is 15.1 Å². The normalized spacial score (nSPS) is 22.3. The summed E-state index contributed by atoms with van der Waals surface area (Å²) >= 11 is 0. The molecule has 0 aliphatic carbocycles. The quantitative estimate of drug-likeness (QED) is 0.658. The minimum absolute atomic E-state index is 0.265. The Morgan fingerprint density at radius 2 is 1.94 bits per heavy atom. The first-order valence-corrected chi connectivity index (χ1v) is 6.37. The molecule has 0 saturated carbocycles. The van der Waals surface area contributed by atoms with Crippen LogP contribution in [0.1, 0.15) is 19.8 Å². The molecule has 1 unspecified atom stereocenters. The van der Waals surface area contributed by atoms with E-state index in [1.54, 1.807) is 7.05 Å². The predicted molar refractivity (Wildman–Crippen MR) is 69.8 cm³/mol. The SMILES string of the molecule is CNC(C)(CCCN1CCN(C)CC1)C(N)=O. The Bertz CT molecular complexity index is 251. The summed E-state index contributed by atoms with van der Waals surface area (Å²) in [6.07, 6.45) is 1.80. The van der Waals surface area contributed by atoms with Crippen LogP contribution in [-0.4, -0.2) is 68.1 Å². The molecule has 1 fully saturated rings. The van der Waals surface area contributed by atoms with Crippen molar-refractivity contribution in [1.29, 1.82) is 0 Å². The highest BCUT2D eigenvalue weighted by atomic mass is 16.1. The molecule has 0 aromatic rings. The monoisotopic (exact) mass is 242 g/mol. The van der Waals surface area contributed by atoms with Gasteiger partial charge in [-0.2, -0.15) is 0 Å². The van der Waals surface area contributed by atoms with Gasteiger partial charge in [-0.25, -0.2) is 0 Å². The number of nitrogens with two attached hydrogens (primary N) is 1. The van der Waals surface area contributed by atoms with Gasteiger partial charge in [-0.1, -0.05) is 0 Å². The third-order valence-electron chi connectivity index (χ3n) is 3.84. The van der Waals surface area contributed by atoms with Crippen LogP contribution in [0.3, 0.4) is 0 Å². The van der Waals surface area contributed by atoms with Gasteiger partial charge in [-0.15, -0.1) is 0 Å². The Hall–Kier alpha value is -0.650. The van der Waals surface area contributed by atoms with E-state index >= 15 is 0 Å². The Balaban J connectivity index is 2.25. The summed E-state index contributed by atoms with van der Waals surface area (Å²) in [7, 11) is 3.95. The van der Waals surface area contributed by atoms with Crippen LogP contribution in [0.5, 0.6) is 0 Å². The first-order chi connectivity index (χ1) is 7.98. The summed E-state index contributed by atoms with van der Waals surface area (Å²) in [5.74, 6) is -0.265. The molecule has 17 heavy (non-hydrogen) atoms. The third-order valence-corrected chi connectivity index (χ3v) is 3.84. The van der Waals surface area contributed by atoms with E-state index in [0.29, 0.717) is 0 Å². The van der Waals surface area contributed by atoms with Gasteiger partial charge in [0.1, 0.15) is 0 Å². The van der Waals surface area contributed by atoms with Gasteiger partial charge in [0.15, 0.2) is 0 Å². The van der Waals surface area contributed by atoms with Gasteiger partial charge in [-0.05, 0) is 40.4 Å². The van der Waals surface area contributed by atoms with Crippen LogP contribution in [0.25, 0.3) is 0 Å². The van der Waals surface area contributed by atoms with E-state index in [1.807, 2.05) is 6.92 Å². The van der Waals surface area contributed by atoms with E-state index < -0.39 is 5.54 Å². The maximum atomic E-state index is 11.3. The zero-order valence-corrected chi connectivity index (χ0v) is 11.3. The number of primary amides is 1. The fourth-order valence-electron chi connectivity index (χ4n) is 2.10. The first kappa shape index (κ1) is 14.4. The van der Waals surface area contributed by atoms with Gasteiger partial charge >= 0.3 is 0 Å². The van der Waals surface area contributed by atoms with E-state index in [1.165, 1.54) is 0 Å². The summed E-state index contributed by atoms with van der Waals surface area (Å²) in [6.45, 7) is 7.46. The Morgan fingerprint density at radius 1 is 1.35 bits per heavy atom. The maximum Gasteiger partial charge on any atom is 0.237 e. The number of rotatable bonds is 6. The number of hydrogen-bond donors (Lipinski definition) is 2. The summed E-state index contributed by atoms with van der Waals surface area (Å²) in [6, 6.07) is 0. The number of carbonyl (C=O) groups excluding carboxylic acids is 1. The smallest absolute Gasteiger partial charge is 0.237 e. The topological polar surface area (TPSA) is 61.6 Å². The molecule has 100 valence electrons. The minimum Gasteiger partial charge on any atom is -0.368 e. The van der Waals surface area contributed by atoms with Crippen molar-refractivity contribution >= 4 is 5.91 Å². The van der Waals surface area contributed by atoms with Crippen molar-refractivity contribution in [3.63, 3.8) is 0 Å². The van der Waals surface area contributed by atoms with Crippen LogP contribution >= 0.6 is 0 Å². The Labute approximate surface area is 104 Å². The van der Waals surface area contributed by atoms with Crippen molar-refractivity contribution in [2.24, 2.45) is 5.73 Å². The third kappa shape index (κ3) is 4.26. The molecular formula is C12H26N4O. The summed E-state index contributed by atoms with van der Waals surface area (Å²) in [5, 5.41) is 3.02. The second-order valence-electron chi connectivity index (χ2n) is 5.19. The van der Waals surface area contributed by atoms with Crippen LogP contribution in [0.4, 0.5) is 0 Å². The standard InChI is InChI=1S/C12H26N4O/c1-12(14-2,11(13)17)5-4-6-16-9-7-15(3)8-10-16/h14H,4-10H2,1-3H3,(H2,13,17). The molecule has 0 aromatic heterocycles. The zero-order valence-electron chi connectivity index (χ0n) is 11.3. The average Bonchev–Trinajstić information content (AvgIpc) is 2.31. The number of hydrogen-bond acceptors (Lipinski definition) is 4. The van der Waals surface area contributed by atoms with Crippen LogP contribution in [-0.2, 0) is 4.79 Å². The average molecular weight is 242 g/mol. The number of amides is 1. The van der Waals surface area contributed by atoms with E-state index in [9.17, 15) is 4.79 Å². The van der Waals surface area contributed by atoms with Gasteiger partial charge in [-0.3, -0.25) is 4.79 Å². The molecule has 1 saturated heterocycles. The highest BCUT2D eigenvalue weighted by Crippen LogP contribution is 2.12. The van der Waals surface area contributed by atoms with Crippen molar-refractivity contribution in [2.45, 2.75) is 25.3 Å². The second kappa shape index (κ2) is 6.33. The molecule has 0 bridgehead atoms. The second-order valence-corrected chi connectivity index (χ2v) is 5.19.